The molecule has 0 aliphatic rings. The molecule has 0 aromatic carbocycles. The van der Waals surface area contributed by atoms with E-state index < -0.39 is 0 Å². The summed E-state index contributed by atoms with van der Waals surface area (Å²) in [5, 5.41) is 16.5. The highest BCUT2D eigenvalue weighted by Crippen LogP contribution is 2.09. The van der Waals surface area contributed by atoms with Crippen LogP contribution in [0.2, 0.25) is 0 Å². The van der Waals surface area contributed by atoms with Crippen LogP contribution in [-0.2, 0) is 9.59 Å². The minimum Gasteiger partial charge on any atom is -0.300 e. The van der Waals surface area contributed by atoms with Crippen molar-refractivity contribution in [1.82, 2.24) is 0 Å². The third kappa shape index (κ3) is 10.6. The summed E-state index contributed by atoms with van der Waals surface area (Å²) in [6.45, 7) is 8.27. The van der Waals surface area contributed by atoms with Crippen LogP contribution in [0, 0.1) is 40.4 Å². The zero-order valence-corrected chi connectivity index (χ0v) is 11.2. The molecule has 0 N–H and O–H groups in total. The number of rotatable bonds is 4. The highest BCUT2D eigenvalue weighted by molar-refractivity contribution is 5.78. The van der Waals surface area contributed by atoms with Crippen LogP contribution in [0.3, 0.4) is 0 Å². The first-order valence-corrected chi connectivity index (χ1v) is 5.55. The minimum atomic E-state index is -0.150. The highest BCUT2D eigenvalue weighted by atomic mass is 16.1. The summed E-state index contributed by atoms with van der Waals surface area (Å²) < 4.78 is 0. The molecule has 0 saturated heterocycles. The first-order chi connectivity index (χ1) is 7.76. The van der Waals surface area contributed by atoms with Crippen molar-refractivity contribution in [3.8, 4) is 12.1 Å². The minimum absolute atomic E-state index is 0.0825. The second kappa shape index (κ2) is 9.54. The van der Waals surface area contributed by atoms with E-state index in [1.54, 1.807) is 20.8 Å². The maximum atomic E-state index is 10.6. The molecule has 0 bridgehead atoms. The zero-order chi connectivity index (χ0) is 14.0. The Balaban J connectivity index is 0. The van der Waals surface area contributed by atoms with Crippen molar-refractivity contribution in [3.05, 3.63) is 0 Å². The first kappa shape index (κ1) is 17.7. The van der Waals surface area contributed by atoms with Crippen LogP contribution in [-0.4, -0.2) is 11.6 Å². The number of hydrogen-bond donors (Lipinski definition) is 0. The Bertz CT molecular complexity index is 336. The molecule has 3 unspecified atom stereocenters. The van der Waals surface area contributed by atoms with Gasteiger partial charge in [0.2, 0.25) is 0 Å². The molecule has 0 radical (unpaired) electrons. The number of hydrogen-bond acceptors (Lipinski definition) is 4. The molecule has 4 heteroatoms. The van der Waals surface area contributed by atoms with E-state index in [0.717, 1.165) is 0 Å². The summed E-state index contributed by atoms with van der Waals surface area (Å²) in [7, 11) is 0. The average Bonchev–Trinajstić information content (AvgIpc) is 2.26. The van der Waals surface area contributed by atoms with Gasteiger partial charge in [0, 0.05) is 12.3 Å². The number of ketones is 2. The van der Waals surface area contributed by atoms with Gasteiger partial charge in [0.05, 0.1) is 24.0 Å². The maximum absolute atomic E-state index is 10.6. The maximum Gasteiger partial charge on any atom is 0.133 e. The molecular weight excluding hydrogens is 216 g/mol. The highest BCUT2D eigenvalue weighted by Gasteiger charge is 2.14. The molecule has 94 valence electrons. The molecule has 4 nitrogen and oxygen atoms in total. The van der Waals surface area contributed by atoms with Gasteiger partial charge in [-0.15, -0.1) is 0 Å². The van der Waals surface area contributed by atoms with E-state index in [2.05, 4.69) is 0 Å². The average molecular weight is 236 g/mol. The third-order valence-electron chi connectivity index (χ3n) is 2.41. The van der Waals surface area contributed by atoms with Crippen molar-refractivity contribution in [2.75, 3.05) is 0 Å². The molecule has 3 atom stereocenters. The molecule has 0 aliphatic heterocycles. The van der Waals surface area contributed by atoms with Crippen molar-refractivity contribution < 1.29 is 9.59 Å². The lowest BCUT2D eigenvalue weighted by atomic mass is 9.94. The van der Waals surface area contributed by atoms with Gasteiger partial charge < -0.3 is 0 Å². The van der Waals surface area contributed by atoms with Gasteiger partial charge in [0.25, 0.3) is 0 Å². The standard InChI is InChI=1S/C7H11NO.C6H9NO/c1-5(4-8)6(2)7(3)9;1-5(4-7)3-6(2)8/h5-6H,1-3H3;5H,3H2,1-2H3. The molecule has 0 saturated carbocycles. The number of carbonyl (C=O) groups excluding carboxylic acids is 2. The fourth-order valence-electron chi connectivity index (χ4n) is 0.941. The van der Waals surface area contributed by atoms with Gasteiger partial charge in [-0.3, -0.25) is 9.59 Å². The summed E-state index contributed by atoms with van der Waals surface area (Å²) >= 11 is 0. The smallest absolute Gasteiger partial charge is 0.133 e. The second-order valence-electron chi connectivity index (χ2n) is 4.25. The summed E-state index contributed by atoms with van der Waals surface area (Å²) in [5.41, 5.74) is 0. The molecule has 17 heavy (non-hydrogen) atoms. The third-order valence-corrected chi connectivity index (χ3v) is 2.41. The lowest BCUT2D eigenvalue weighted by Crippen LogP contribution is -2.13. The summed E-state index contributed by atoms with van der Waals surface area (Å²) in [6.07, 6.45) is 0.385. The van der Waals surface area contributed by atoms with Crippen molar-refractivity contribution >= 4 is 11.6 Å². The van der Waals surface area contributed by atoms with Crippen LogP contribution >= 0.6 is 0 Å². The molecule has 0 heterocycles. The molecule has 0 fully saturated rings. The second-order valence-corrected chi connectivity index (χ2v) is 4.25. The summed E-state index contributed by atoms with van der Waals surface area (Å²) in [5.74, 6) is -0.215. The van der Waals surface area contributed by atoms with E-state index in [0.29, 0.717) is 6.42 Å². The Morgan fingerprint density at radius 1 is 1.06 bits per heavy atom. The lowest BCUT2D eigenvalue weighted by molar-refractivity contribution is -0.121. The lowest BCUT2D eigenvalue weighted by Gasteiger charge is -2.06. The van der Waals surface area contributed by atoms with Crippen molar-refractivity contribution in [2.24, 2.45) is 17.8 Å². The van der Waals surface area contributed by atoms with Gasteiger partial charge in [-0.25, -0.2) is 0 Å². The van der Waals surface area contributed by atoms with E-state index in [-0.39, 0.29) is 29.3 Å². The predicted molar refractivity (Wildman–Crippen MR) is 64.7 cm³/mol. The molecule has 0 rings (SSSR count). The zero-order valence-electron chi connectivity index (χ0n) is 11.2. The summed E-state index contributed by atoms with van der Waals surface area (Å²) in [6, 6.07) is 4.00. The van der Waals surface area contributed by atoms with Gasteiger partial charge in [0.15, 0.2) is 0 Å². The van der Waals surface area contributed by atoms with Gasteiger partial charge >= 0.3 is 0 Å². The number of nitriles is 2. The van der Waals surface area contributed by atoms with Crippen LogP contribution < -0.4 is 0 Å². The van der Waals surface area contributed by atoms with E-state index in [1.807, 2.05) is 12.1 Å². The Morgan fingerprint density at radius 2 is 1.53 bits per heavy atom. The van der Waals surface area contributed by atoms with E-state index >= 15 is 0 Å². The van der Waals surface area contributed by atoms with Crippen LogP contribution in [0.1, 0.15) is 41.0 Å². The van der Waals surface area contributed by atoms with Gasteiger partial charge in [-0.1, -0.05) is 6.92 Å². The van der Waals surface area contributed by atoms with Crippen molar-refractivity contribution in [1.29, 1.82) is 10.5 Å². The largest absolute Gasteiger partial charge is 0.300 e. The molecule has 0 amide bonds. The SMILES string of the molecule is CC(=O)C(C)C(C)C#N.CC(=O)CC(C)C#N. The van der Waals surface area contributed by atoms with Gasteiger partial charge in [-0.05, 0) is 27.7 Å². The molecule has 0 aromatic heterocycles. The van der Waals surface area contributed by atoms with Crippen LogP contribution in [0.25, 0.3) is 0 Å². The number of Topliss-reactive ketones (excluding diaryl/α,β-unsaturated/α-hetero) is 2. The topological polar surface area (TPSA) is 81.7 Å². The number of nitrogens with zero attached hydrogens (tertiary/aromatic N) is 2. The molecule has 0 spiro atoms. The fourth-order valence-corrected chi connectivity index (χ4v) is 0.941. The van der Waals surface area contributed by atoms with Crippen molar-refractivity contribution in [3.63, 3.8) is 0 Å². The predicted octanol–water partition coefficient (Wildman–Crippen LogP) is 2.50. The van der Waals surface area contributed by atoms with Crippen LogP contribution in [0.5, 0.6) is 0 Å². The van der Waals surface area contributed by atoms with Crippen LogP contribution in [0.4, 0.5) is 0 Å². The fraction of sp³-hybridized carbons (Fsp3) is 0.692. The number of carbonyl (C=O) groups is 2. The first-order valence-electron chi connectivity index (χ1n) is 5.55. The Morgan fingerprint density at radius 3 is 1.65 bits per heavy atom. The van der Waals surface area contributed by atoms with E-state index in [1.165, 1.54) is 13.8 Å². The Kier molecular flexibility index (Phi) is 9.94. The van der Waals surface area contributed by atoms with Gasteiger partial charge in [-0.2, -0.15) is 10.5 Å². The van der Waals surface area contributed by atoms with Crippen LogP contribution in [0.15, 0.2) is 0 Å². The molecule has 0 aromatic rings. The van der Waals surface area contributed by atoms with Crippen molar-refractivity contribution in [2.45, 2.75) is 41.0 Å². The van der Waals surface area contributed by atoms with E-state index in [4.69, 9.17) is 10.5 Å². The van der Waals surface area contributed by atoms with E-state index in [9.17, 15) is 9.59 Å². The molecule has 0 aliphatic carbocycles. The van der Waals surface area contributed by atoms with Gasteiger partial charge in [0.1, 0.15) is 11.6 Å². The Labute approximate surface area is 103 Å². The Hall–Kier alpha value is -1.68. The summed E-state index contributed by atoms with van der Waals surface area (Å²) in [4.78, 5) is 20.9. The molecular formula is C13H20N2O2. The quantitative estimate of drug-likeness (QED) is 0.750. The normalized spacial score (nSPS) is 14.1. The monoisotopic (exact) mass is 236 g/mol.